The van der Waals surface area contributed by atoms with Crippen LogP contribution in [0.25, 0.3) is 5.70 Å². The molecule has 0 saturated carbocycles. The molecule has 0 spiro atoms. The molecule has 0 amide bonds. The van der Waals surface area contributed by atoms with E-state index in [0.29, 0.717) is 19.9 Å². The summed E-state index contributed by atoms with van der Waals surface area (Å²) in [7, 11) is 0. The molecule has 2 unspecified atom stereocenters. The van der Waals surface area contributed by atoms with Crippen LogP contribution in [0.15, 0.2) is 42.6 Å². The van der Waals surface area contributed by atoms with Gasteiger partial charge < -0.3 is 34.2 Å². The van der Waals surface area contributed by atoms with Gasteiger partial charge in [-0.25, -0.2) is 0 Å². The molecule has 32 heavy (non-hydrogen) atoms. The van der Waals surface area contributed by atoms with Crippen LogP contribution in [-0.4, -0.2) is 71.5 Å². The van der Waals surface area contributed by atoms with Gasteiger partial charge in [-0.2, -0.15) is 0 Å². The summed E-state index contributed by atoms with van der Waals surface area (Å²) in [5.41, 5.74) is 4.07. The number of hydrogen-bond donors (Lipinski definition) is 2. The largest absolute Gasteiger partial charge is 0.394 e. The number of nitrogens with zero attached hydrogens (tertiary/aromatic N) is 2. The summed E-state index contributed by atoms with van der Waals surface area (Å²) < 4.78 is 17.6. The maximum atomic E-state index is 10.5. The molecule has 0 aliphatic carbocycles. The third kappa shape index (κ3) is 5.18. The van der Waals surface area contributed by atoms with Crippen molar-refractivity contribution in [1.82, 2.24) is 9.80 Å². The molecule has 1 aromatic carbocycles. The molecule has 1 aromatic rings. The molecule has 3 heterocycles. The number of fused-ring (bicyclic) bond motifs is 1. The van der Waals surface area contributed by atoms with Gasteiger partial charge in [0.2, 0.25) is 0 Å². The Bertz CT molecular complexity index is 813. The molecule has 4 rings (SSSR count). The minimum atomic E-state index is -0.586. The second-order valence-corrected chi connectivity index (χ2v) is 8.94. The third-order valence-corrected chi connectivity index (χ3v) is 6.50. The summed E-state index contributed by atoms with van der Waals surface area (Å²) >= 11 is 0. The van der Waals surface area contributed by atoms with Crippen LogP contribution in [0.1, 0.15) is 56.4 Å². The Morgan fingerprint density at radius 3 is 2.78 bits per heavy atom. The summed E-state index contributed by atoms with van der Waals surface area (Å²) in [5, 5.41) is 20.2. The normalized spacial score (nSPS) is 27.7. The number of rotatable bonds is 10. The summed E-state index contributed by atoms with van der Waals surface area (Å²) in [4.78, 5) is 4.03. The SMILES string of the molecule is C=C1c2ccccc2[C@H](O)N1CCCCCCOC1C[C@H](N2C=C(C)COC2)OC1CO. The van der Waals surface area contributed by atoms with Crippen molar-refractivity contribution in [2.24, 2.45) is 0 Å². The number of ether oxygens (including phenoxy) is 3. The zero-order valence-corrected chi connectivity index (χ0v) is 19.0. The Balaban J connectivity index is 1.13. The number of benzene rings is 1. The molecule has 0 bridgehead atoms. The van der Waals surface area contributed by atoms with E-state index in [1.54, 1.807) is 0 Å². The highest BCUT2D eigenvalue weighted by Gasteiger charge is 2.38. The quantitative estimate of drug-likeness (QED) is 0.537. The number of aliphatic hydroxyl groups is 2. The molecule has 7 heteroatoms. The molecule has 0 radical (unpaired) electrons. The molecule has 1 saturated heterocycles. The van der Waals surface area contributed by atoms with Gasteiger partial charge in [-0.1, -0.05) is 43.7 Å². The molecule has 3 aliphatic rings. The molecule has 1 fully saturated rings. The van der Waals surface area contributed by atoms with Crippen LogP contribution in [0.3, 0.4) is 0 Å². The molecule has 2 N–H and O–H groups in total. The van der Waals surface area contributed by atoms with Crippen LogP contribution in [0.5, 0.6) is 0 Å². The first-order valence-corrected chi connectivity index (χ1v) is 11.7. The van der Waals surface area contributed by atoms with E-state index < -0.39 is 6.23 Å². The standard InChI is InChI=1S/C25H36N2O5/c1-18-14-26(17-30-16-18)24-13-22(23(15-28)32-24)31-12-8-4-3-7-11-27-19(2)20-9-5-6-10-21(20)25(27)29/h5-6,9-10,14,22-25,28-29H,2-4,7-8,11-13,15-17H2,1H3/t22?,23?,24-,25+/m1/s1. The van der Waals surface area contributed by atoms with Crippen LogP contribution in [0.2, 0.25) is 0 Å². The highest BCUT2D eigenvalue weighted by Crippen LogP contribution is 2.38. The van der Waals surface area contributed by atoms with E-state index in [-0.39, 0.29) is 25.0 Å². The van der Waals surface area contributed by atoms with Crippen molar-refractivity contribution < 1.29 is 24.4 Å². The van der Waals surface area contributed by atoms with E-state index >= 15 is 0 Å². The van der Waals surface area contributed by atoms with Gasteiger partial charge in [0.05, 0.1) is 19.3 Å². The molecule has 176 valence electrons. The van der Waals surface area contributed by atoms with Crippen LogP contribution < -0.4 is 0 Å². The minimum Gasteiger partial charge on any atom is -0.394 e. The van der Waals surface area contributed by atoms with Crippen molar-refractivity contribution in [2.75, 3.05) is 33.1 Å². The average Bonchev–Trinajstić information content (AvgIpc) is 3.33. The van der Waals surface area contributed by atoms with E-state index in [9.17, 15) is 10.2 Å². The fourth-order valence-corrected chi connectivity index (χ4v) is 4.77. The second-order valence-electron chi connectivity index (χ2n) is 8.94. The first-order valence-electron chi connectivity index (χ1n) is 11.7. The first kappa shape index (κ1) is 23.3. The predicted molar refractivity (Wildman–Crippen MR) is 122 cm³/mol. The zero-order chi connectivity index (χ0) is 22.5. The van der Waals surface area contributed by atoms with Crippen molar-refractivity contribution in [1.29, 1.82) is 0 Å². The molecular formula is C25H36N2O5. The van der Waals surface area contributed by atoms with Gasteiger partial charge in [0.1, 0.15) is 19.1 Å². The van der Waals surface area contributed by atoms with Crippen molar-refractivity contribution >= 4 is 5.70 Å². The van der Waals surface area contributed by atoms with Crippen LogP contribution >= 0.6 is 0 Å². The Hall–Kier alpha value is -1.90. The lowest BCUT2D eigenvalue weighted by Crippen LogP contribution is -2.36. The van der Waals surface area contributed by atoms with E-state index in [1.165, 1.54) is 5.57 Å². The van der Waals surface area contributed by atoms with E-state index in [0.717, 1.165) is 55.5 Å². The van der Waals surface area contributed by atoms with Gasteiger partial charge in [0.25, 0.3) is 0 Å². The molecule has 3 aliphatic heterocycles. The van der Waals surface area contributed by atoms with Crippen LogP contribution in [0, 0.1) is 0 Å². The fraction of sp³-hybridized carbons (Fsp3) is 0.600. The first-order chi connectivity index (χ1) is 15.6. The Labute approximate surface area is 190 Å². The topological polar surface area (TPSA) is 74.6 Å². The molecule has 4 atom stereocenters. The lowest BCUT2D eigenvalue weighted by molar-refractivity contribution is -0.102. The average molecular weight is 445 g/mol. The maximum Gasteiger partial charge on any atom is 0.153 e. The number of unbranched alkanes of at least 4 members (excludes halogenated alkanes) is 3. The van der Waals surface area contributed by atoms with Gasteiger partial charge >= 0.3 is 0 Å². The summed E-state index contributed by atoms with van der Waals surface area (Å²) in [6.07, 6.45) is 5.82. The summed E-state index contributed by atoms with van der Waals surface area (Å²) in [5.74, 6) is 0. The molecule has 0 aromatic heterocycles. The fourth-order valence-electron chi connectivity index (χ4n) is 4.77. The van der Waals surface area contributed by atoms with Crippen molar-refractivity contribution in [3.05, 3.63) is 53.7 Å². The maximum absolute atomic E-state index is 10.5. The van der Waals surface area contributed by atoms with Crippen LogP contribution in [-0.2, 0) is 14.2 Å². The molecular weight excluding hydrogens is 408 g/mol. The lowest BCUT2D eigenvalue weighted by Gasteiger charge is -2.30. The van der Waals surface area contributed by atoms with Crippen molar-refractivity contribution in [3.8, 4) is 0 Å². The molecule has 7 nitrogen and oxygen atoms in total. The predicted octanol–water partition coefficient (Wildman–Crippen LogP) is 3.21. The van der Waals surface area contributed by atoms with Gasteiger partial charge in [0.15, 0.2) is 6.23 Å². The zero-order valence-electron chi connectivity index (χ0n) is 19.0. The van der Waals surface area contributed by atoms with Gasteiger partial charge in [-0.05, 0) is 25.3 Å². The van der Waals surface area contributed by atoms with Gasteiger partial charge in [-0.15, -0.1) is 0 Å². The van der Waals surface area contributed by atoms with E-state index in [2.05, 4.69) is 12.8 Å². The monoisotopic (exact) mass is 444 g/mol. The summed E-state index contributed by atoms with van der Waals surface area (Å²) in [6.45, 7) is 8.78. The highest BCUT2D eigenvalue weighted by atomic mass is 16.6. The minimum absolute atomic E-state index is 0.0387. The lowest BCUT2D eigenvalue weighted by atomic mass is 10.1. The highest BCUT2D eigenvalue weighted by molar-refractivity contribution is 5.69. The van der Waals surface area contributed by atoms with Crippen molar-refractivity contribution in [3.63, 3.8) is 0 Å². The summed E-state index contributed by atoms with van der Waals surface area (Å²) in [6, 6.07) is 7.92. The second kappa shape index (κ2) is 10.8. The third-order valence-electron chi connectivity index (χ3n) is 6.50. The Kier molecular flexibility index (Phi) is 7.86. The van der Waals surface area contributed by atoms with Crippen molar-refractivity contribution in [2.45, 2.75) is 63.7 Å². The van der Waals surface area contributed by atoms with Gasteiger partial charge in [-0.3, -0.25) is 0 Å². The van der Waals surface area contributed by atoms with E-state index in [4.69, 9.17) is 14.2 Å². The Morgan fingerprint density at radius 1 is 1.19 bits per heavy atom. The smallest absolute Gasteiger partial charge is 0.153 e. The number of aliphatic hydroxyl groups excluding tert-OH is 2. The van der Waals surface area contributed by atoms with Crippen LogP contribution in [0.4, 0.5) is 0 Å². The number of hydrogen-bond acceptors (Lipinski definition) is 7. The Morgan fingerprint density at radius 2 is 2.00 bits per heavy atom. The van der Waals surface area contributed by atoms with E-state index in [1.807, 2.05) is 41.0 Å². The van der Waals surface area contributed by atoms with Gasteiger partial charge in [0, 0.05) is 42.6 Å².